The molecule has 1 heterocycles. The summed E-state index contributed by atoms with van der Waals surface area (Å²) in [5.74, 6) is 0.751. The molecule has 0 bridgehead atoms. The van der Waals surface area contributed by atoms with E-state index in [1.54, 1.807) is 26.2 Å². The first-order chi connectivity index (χ1) is 10.4. The van der Waals surface area contributed by atoms with Crippen LogP contribution >= 0.6 is 0 Å². The van der Waals surface area contributed by atoms with Gasteiger partial charge >= 0.3 is 0 Å². The second-order valence-electron chi connectivity index (χ2n) is 5.67. The number of nitrogens with zero attached hydrogens (tertiary/aromatic N) is 2. The molecular weight excluding hydrogens is 306 g/mol. The maximum Gasteiger partial charge on any atom is 0.278 e. The summed E-state index contributed by atoms with van der Waals surface area (Å²) in [5, 5.41) is -0.412. The zero-order chi connectivity index (χ0) is 16.2. The summed E-state index contributed by atoms with van der Waals surface area (Å²) < 4.78 is 37.5. The van der Waals surface area contributed by atoms with Crippen LogP contribution in [0.4, 0.5) is 0 Å². The normalized spacial score (nSPS) is 22.5. The number of hydrogen-bond donors (Lipinski definition) is 1. The topological polar surface area (TPSA) is 90.4 Å². The number of hydrogen-bond acceptors (Lipinski definition) is 6. The second-order valence-corrected chi connectivity index (χ2v) is 7.94. The van der Waals surface area contributed by atoms with Crippen molar-refractivity contribution >= 4 is 10.0 Å². The lowest BCUT2D eigenvalue weighted by Gasteiger charge is -2.29. The molecular formula is C14H23N3O4S. The van der Waals surface area contributed by atoms with Gasteiger partial charge in [0.1, 0.15) is 6.10 Å². The van der Waals surface area contributed by atoms with E-state index >= 15 is 0 Å². The monoisotopic (exact) mass is 329 g/mol. The summed E-state index contributed by atoms with van der Waals surface area (Å²) in [6.45, 7) is 3.36. The summed E-state index contributed by atoms with van der Waals surface area (Å²) >= 11 is 0. The van der Waals surface area contributed by atoms with E-state index in [0.29, 0.717) is 11.8 Å². The van der Waals surface area contributed by atoms with Gasteiger partial charge in [-0.1, -0.05) is 0 Å². The molecule has 0 amide bonds. The van der Waals surface area contributed by atoms with Crippen LogP contribution in [0.3, 0.4) is 0 Å². The molecule has 1 N–H and O–H groups in total. The number of ether oxygens (including phenoxy) is 2. The fourth-order valence-corrected chi connectivity index (χ4v) is 3.33. The highest BCUT2D eigenvalue weighted by atomic mass is 32.2. The summed E-state index contributed by atoms with van der Waals surface area (Å²) in [5.41, 5.74) is 0. The van der Waals surface area contributed by atoms with E-state index in [1.807, 2.05) is 0 Å². The van der Waals surface area contributed by atoms with E-state index in [1.165, 1.54) is 7.11 Å². The highest BCUT2D eigenvalue weighted by molar-refractivity contribution is 7.90. The Morgan fingerprint density at radius 3 is 2.27 bits per heavy atom. The summed E-state index contributed by atoms with van der Waals surface area (Å²) in [6.07, 6.45) is 6.14. The molecule has 1 saturated carbocycles. The third-order valence-electron chi connectivity index (χ3n) is 3.73. The van der Waals surface area contributed by atoms with Gasteiger partial charge in [-0.25, -0.2) is 23.1 Å². The van der Waals surface area contributed by atoms with Crippen molar-refractivity contribution in [3.05, 3.63) is 12.4 Å². The van der Waals surface area contributed by atoms with E-state index < -0.39 is 15.3 Å². The number of methoxy groups -OCH3 is 1. The van der Waals surface area contributed by atoms with E-state index in [0.717, 1.165) is 25.7 Å². The molecule has 1 aromatic rings. The highest BCUT2D eigenvalue weighted by Crippen LogP contribution is 2.27. The van der Waals surface area contributed by atoms with Gasteiger partial charge in [0.2, 0.25) is 10.0 Å². The lowest BCUT2D eigenvalue weighted by Crippen LogP contribution is -2.42. The smallest absolute Gasteiger partial charge is 0.278 e. The van der Waals surface area contributed by atoms with Gasteiger partial charge in [-0.05, 0) is 39.5 Å². The molecule has 1 fully saturated rings. The molecule has 0 radical (unpaired) electrons. The van der Waals surface area contributed by atoms with Gasteiger partial charge in [-0.3, -0.25) is 0 Å². The highest BCUT2D eigenvalue weighted by Gasteiger charge is 2.27. The molecule has 2 rings (SSSR count). The van der Waals surface area contributed by atoms with Crippen molar-refractivity contribution in [3.8, 4) is 11.8 Å². The Hall–Kier alpha value is -1.41. The van der Waals surface area contributed by atoms with E-state index in [4.69, 9.17) is 9.47 Å². The van der Waals surface area contributed by atoms with Crippen molar-refractivity contribution in [1.29, 1.82) is 0 Å². The van der Waals surface area contributed by atoms with Crippen LogP contribution in [0, 0.1) is 0 Å². The molecule has 0 aromatic carbocycles. The molecule has 1 aliphatic rings. The van der Waals surface area contributed by atoms with E-state index in [9.17, 15) is 8.42 Å². The summed E-state index contributed by atoms with van der Waals surface area (Å²) in [7, 11) is -1.70. The zero-order valence-electron chi connectivity index (χ0n) is 13.2. The molecule has 1 aromatic heterocycles. The molecule has 0 aliphatic heterocycles. The maximum atomic E-state index is 11.9. The van der Waals surface area contributed by atoms with E-state index in [2.05, 4.69) is 14.7 Å². The molecule has 124 valence electrons. The second kappa shape index (κ2) is 7.23. The van der Waals surface area contributed by atoms with Gasteiger partial charge in [0.25, 0.3) is 11.8 Å². The largest absolute Gasteiger partial charge is 0.477 e. The Morgan fingerprint density at radius 2 is 1.73 bits per heavy atom. The Kier molecular flexibility index (Phi) is 5.57. The first-order valence-corrected chi connectivity index (χ1v) is 8.99. The first-order valence-electron chi connectivity index (χ1n) is 7.45. The fraction of sp³-hybridized carbons (Fsp3) is 0.714. The van der Waals surface area contributed by atoms with Crippen LogP contribution in [0.1, 0.15) is 39.5 Å². The predicted octanol–water partition coefficient (Wildman–Crippen LogP) is 1.50. The number of nitrogens with one attached hydrogen (secondary N) is 1. The maximum absolute atomic E-state index is 11.9. The van der Waals surface area contributed by atoms with Crippen LogP contribution in [0.2, 0.25) is 0 Å². The van der Waals surface area contributed by atoms with E-state index in [-0.39, 0.29) is 12.1 Å². The molecule has 7 nitrogen and oxygen atoms in total. The quantitative estimate of drug-likeness (QED) is 0.850. The number of sulfonamides is 1. The van der Waals surface area contributed by atoms with Gasteiger partial charge in [-0.2, -0.15) is 0 Å². The van der Waals surface area contributed by atoms with Crippen molar-refractivity contribution in [2.75, 3.05) is 7.11 Å². The van der Waals surface area contributed by atoms with Crippen molar-refractivity contribution < 1.29 is 17.9 Å². The van der Waals surface area contributed by atoms with Crippen molar-refractivity contribution in [2.45, 2.75) is 56.9 Å². The third-order valence-corrected chi connectivity index (χ3v) is 5.63. The van der Waals surface area contributed by atoms with Gasteiger partial charge in [-0.15, -0.1) is 0 Å². The number of rotatable bonds is 6. The number of aromatic nitrogens is 2. The molecule has 1 aliphatic carbocycles. The summed E-state index contributed by atoms with van der Waals surface area (Å²) in [6, 6.07) is -0.0176. The van der Waals surface area contributed by atoms with Crippen molar-refractivity contribution in [1.82, 2.24) is 14.7 Å². The van der Waals surface area contributed by atoms with Gasteiger partial charge in [0.15, 0.2) is 0 Å². The van der Waals surface area contributed by atoms with Gasteiger partial charge in [0, 0.05) is 18.4 Å². The van der Waals surface area contributed by atoms with Crippen molar-refractivity contribution in [2.24, 2.45) is 0 Å². The van der Waals surface area contributed by atoms with Crippen LogP contribution in [-0.2, 0) is 10.0 Å². The molecule has 8 heteroatoms. The Bertz CT molecular complexity index is 584. The Balaban J connectivity index is 1.87. The van der Waals surface area contributed by atoms with Gasteiger partial charge in [0.05, 0.1) is 12.4 Å². The first kappa shape index (κ1) is 17.0. The minimum Gasteiger partial charge on any atom is -0.477 e. The SMILES string of the molecule is COc1nccnc1OC1CCC(NS(=O)(=O)C(C)C)CC1. The lowest BCUT2D eigenvalue weighted by molar-refractivity contribution is 0.132. The minimum atomic E-state index is -3.22. The summed E-state index contributed by atoms with van der Waals surface area (Å²) in [4.78, 5) is 8.17. The predicted molar refractivity (Wildman–Crippen MR) is 82.4 cm³/mol. The average molecular weight is 329 g/mol. The molecule has 22 heavy (non-hydrogen) atoms. The van der Waals surface area contributed by atoms with Crippen LogP contribution in [0.25, 0.3) is 0 Å². The third kappa shape index (κ3) is 4.30. The van der Waals surface area contributed by atoms with Gasteiger partial charge < -0.3 is 9.47 Å². The van der Waals surface area contributed by atoms with Crippen LogP contribution in [0.15, 0.2) is 12.4 Å². The molecule has 0 atom stereocenters. The molecule has 0 saturated heterocycles. The van der Waals surface area contributed by atoms with Crippen LogP contribution in [-0.4, -0.2) is 42.9 Å². The van der Waals surface area contributed by atoms with Crippen LogP contribution < -0.4 is 14.2 Å². The fourth-order valence-electron chi connectivity index (χ4n) is 2.36. The molecule has 0 spiro atoms. The Labute approximate surface area is 131 Å². The molecule has 0 unspecified atom stereocenters. The van der Waals surface area contributed by atoms with Crippen molar-refractivity contribution in [3.63, 3.8) is 0 Å². The lowest BCUT2D eigenvalue weighted by atomic mass is 9.94. The van der Waals surface area contributed by atoms with Crippen LogP contribution in [0.5, 0.6) is 11.8 Å². The zero-order valence-corrected chi connectivity index (χ0v) is 14.0. The Morgan fingerprint density at radius 1 is 1.14 bits per heavy atom. The standard InChI is InChI=1S/C14H23N3O4S/c1-10(2)22(18,19)17-11-4-6-12(7-5-11)21-14-13(20-3)15-8-9-16-14/h8-12,17H,4-7H2,1-3H3. The average Bonchev–Trinajstić information content (AvgIpc) is 2.49. The minimum absolute atomic E-state index is 0.00500.